The van der Waals surface area contributed by atoms with Crippen LogP contribution in [0, 0.1) is 5.41 Å². The number of carboxylic acid groups (broad SMARTS) is 1. The lowest BCUT2D eigenvalue weighted by Crippen LogP contribution is -2.44. The Hall–Kier alpha value is -1.08. The lowest BCUT2D eigenvalue weighted by atomic mass is 9.86. The van der Waals surface area contributed by atoms with Gasteiger partial charge >= 0.3 is 12.0 Å². The van der Waals surface area contributed by atoms with Crippen molar-refractivity contribution in [2.45, 2.75) is 32.2 Å². The zero-order valence-corrected chi connectivity index (χ0v) is 13.3. The average Bonchev–Trinajstić information content (AvgIpc) is 3.03. The third-order valence-electron chi connectivity index (χ3n) is 3.65. The van der Waals surface area contributed by atoms with Gasteiger partial charge in [0.1, 0.15) is 0 Å². The van der Waals surface area contributed by atoms with E-state index in [4.69, 9.17) is 0 Å². The molecule has 0 radical (unpaired) electrons. The predicted molar refractivity (Wildman–Crippen MR) is 80.8 cm³/mol. The fraction of sp³-hybridized carbons (Fsp3) is 0.538. The minimum absolute atomic E-state index is 0.197. The number of hydrogen-bond donors (Lipinski definition) is 3. The van der Waals surface area contributed by atoms with E-state index in [1.54, 1.807) is 11.3 Å². The van der Waals surface area contributed by atoms with Crippen molar-refractivity contribution in [3.8, 4) is 0 Å². The molecule has 20 heavy (non-hydrogen) atoms. The summed E-state index contributed by atoms with van der Waals surface area (Å²) in [6.45, 7) is 0.643. The molecule has 1 fully saturated rings. The van der Waals surface area contributed by atoms with Crippen molar-refractivity contribution in [3.63, 3.8) is 0 Å². The number of carbonyl (C=O) groups excluding carboxylic acids is 1. The van der Waals surface area contributed by atoms with E-state index in [0.717, 1.165) is 22.2 Å². The largest absolute Gasteiger partial charge is 0.481 e. The highest BCUT2D eigenvalue weighted by Gasteiger charge is 2.41. The van der Waals surface area contributed by atoms with Crippen LogP contribution < -0.4 is 10.6 Å². The zero-order chi connectivity index (χ0) is 14.6. The highest BCUT2D eigenvalue weighted by atomic mass is 79.9. The van der Waals surface area contributed by atoms with E-state index >= 15 is 0 Å². The quantitative estimate of drug-likeness (QED) is 0.755. The van der Waals surface area contributed by atoms with E-state index in [-0.39, 0.29) is 12.6 Å². The van der Waals surface area contributed by atoms with Crippen LogP contribution >= 0.6 is 27.3 Å². The summed E-state index contributed by atoms with van der Waals surface area (Å²) in [6, 6.07) is 1.63. The molecule has 1 aromatic heterocycles. The molecule has 0 saturated heterocycles. The second-order valence-electron chi connectivity index (χ2n) is 5.06. The van der Waals surface area contributed by atoms with Crippen LogP contribution in [0.3, 0.4) is 0 Å². The van der Waals surface area contributed by atoms with Crippen LogP contribution in [-0.2, 0) is 11.3 Å². The molecule has 0 unspecified atom stereocenters. The van der Waals surface area contributed by atoms with Crippen LogP contribution in [0.15, 0.2) is 15.9 Å². The van der Waals surface area contributed by atoms with E-state index in [2.05, 4.69) is 26.6 Å². The summed E-state index contributed by atoms with van der Waals surface area (Å²) in [5, 5.41) is 16.7. The van der Waals surface area contributed by atoms with Gasteiger partial charge in [0.2, 0.25) is 0 Å². The molecule has 0 aliphatic heterocycles. The van der Waals surface area contributed by atoms with E-state index in [1.807, 2.05) is 11.4 Å². The van der Waals surface area contributed by atoms with Crippen LogP contribution in [0.4, 0.5) is 4.79 Å². The lowest BCUT2D eigenvalue weighted by Gasteiger charge is -2.23. The number of urea groups is 1. The number of carboxylic acids is 1. The van der Waals surface area contributed by atoms with Crippen LogP contribution in [0.5, 0.6) is 0 Å². The molecule has 1 heterocycles. The lowest BCUT2D eigenvalue weighted by molar-refractivity contribution is -0.148. The summed E-state index contributed by atoms with van der Waals surface area (Å²) in [7, 11) is 0. The van der Waals surface area contributed by atoms with Gasteiger partial charge in [0.25, 0.3) is 0 Å². The normalized spacial score (nSPS) is 16.9. The maximum Gasteiger partial charge on any atom is 0.315 e. The summed E-state index contributed by atoms with van der Waals surface area (Å²) in [5.74, 6) is -0.808. The first-order chi connectivity index (χ1) is 9.52. The van der Waals surface area contributed by atoms with Crippen molar-refractivity contribution in [2.24, 2.45) is 5.41 Å². The number of nitrogens with one attached hydrogen (secondary N) is 2. The summed E-state index contributed by atoms with van der Waals surface area (Å²) < 4.78 is 0.996. The fourth-order valence-electron chi connectivity index (χ4n) is 2.44. The maximum absolute atomic E-state index is 11.7. The average molecular weight is 361 g/mol. The number of amides is 2. The highest BCUT2D eigenvalue weighted by molar-refractivity contribution is 9.10. The highest BCUT2D eigenvalue weighted by Crippen LogP contribution is 2.37. The first kappa shape index (κ1) is 15.3. The Kier molecular flexibility index (Phi) is 5.04. The van der Waals surface area contributed by atoms with Crippen molar-refractivity contribution >= 4 is 39.3 Å². The van der Waals surface area contributed by atoms with E-state index in [1.165, 1.54) is 0 Å². The number of thiophene rings is 1. The van der Waals surface area contributed by atoms with Crippen LogP contribution in [-0.4, -0.2) is 23.7 Å². The molecule has 3 N–H and O–H groups in total. The van der Waals surface area contributed by atoms with Crippen molar-refractivity contribution in [3.05, 3.63) is 20.8 Å². The number of aliphatic carboxylic acids is 1. The second kappa shape index (κ2) is 6.58. The molecule has 2 amide bonds. The van der Waals surface area contributed by atoms with Crippen LogP contribution in [0.2, 0.25) is 0 Å². The van der Waals surface area contributed by atoms with Gasteiger partial charge in [-0.2, -0.15) is 0 Å². The summed E-state index contributed by atoms with van der Waals surface area (Å²) >= 11 is 4.91. The van der Waals surface area contributed by atoms with Gasteiger partial charge in [0, 0.05) is 21.3 Å². The van der Waals surface area contributed by atoms with Crippen LogP contribution in [0.25, 0.3) is 0 Å². The molecule has 0 spiro atoms. The summed E-state index contributed by atoms with van der Waals surface area (Å²) in [6.07, 6.45) is 3.11. The maximum atomic E-state index is 11.7. The van der Waals surface area contributed by atoms with Crippen molar-refractivity contribution in [2.75, 3.05) is 6.54 Å². The smallest absolute Gasteiger partial charge is 0.315 e. The second-order valence-corrected chi connectivity index (χ2v) is 6.97. The van der Waals surface area contributed by atoms with Crippen molar-refractivity contribution in [1.29, 1.82) is 0 Å². The van der Waals surface area contributed by atoms with Gasteiger partial charge in [0.05, 0.1) is 12.0 Å². The van der Waals surface area contributed by atoms with Crippen molar-refractivity contribution in [1.82, 2.24) is 10.6 Å². The van der Waals surface area contributed by atoms with Gasteiger partial charge in [0.15, 0.2) is 0 Å². The van der Waals surface area contributed by atoms with Gasteiger partial charge < -0.3 is 15.7 Å². The number of hydrogen-bond acceptors (Lipinski definition) is 3. The van der Waals surface area contributed by atoms with Gasteiger partial charge in [-0.3, -0.25) is 4.79 Å². The SMILES string of the molecule is O=C(NCc1cc(Br)cs1)NCC1(C(=O)O)CCCC1. The third-order valence-corrected chi connectivity index (χ3v) is 5.34. The molecule has 2 rings (SSSR count). The topological polar surface area (TPSA) is 78.4 Å². The molecule has 0 aromatic carbocycles. The van der Waals surface area contributed by atoms with E-state index in [0.29, 0.717) is 19.4 Å². The van der Waals surface area contributed by atoms with Crippen molar-refractivity contribution < 1.29 is 14.7 Å². The first-order valence-electron chi connectivity index (χ1n) is 6.50. The standard InChI is InChI=1S/C13H17BrN2O3S/c14-9-5-10(20-7-9)6-15-12(19)16-8-13(11(17)18)3-1-2-4-13/h5,7H,1-4,6,8H2,(H,17,18)(H2,15,16,19). The minimum atomic E-state index is -0.808. The number of carbonyl (C=O) groups is 2. The van der Waals surface area contributed by atoms with Crippen LogP contribution in [0.1, 0.15) is 30.6 Å². The Labute approximate surface area is 129 Å². The molecular weight excluding hydrogens is 344 g/mol. The Balaban J connectivity index is 1.78. The molecule has 1 aliphatic carbocycles. The molecule has 110 valence electrons. The zero-order valence-electron chi connectivity index (χ0n) is 10.9. The Morgan fingerprint density at radius 2 is 2.05 bits per heavy atom. The molecule has 5 nitrogen and oxygen atoms in total. The summed E-state index contributed by atoms with van der Waals surface area (Å²) in [5.41, 5.74) is -0.775. The van der Waals surface area contributed by atoms with E-state index < -0.39 is 11.4 Å². The molecule has 1 saturated carbocycles. The summed E-state index contributed by atoms with van der Waals surface area (Å²) in [4.78, 5) is 24.1. The molecule has 1 aliphatic rings. The molecule has 1 aromatic rings. The first-order valence-corrected chi connectivity index (χ1v) is 8.17. The molecule has 0 bridgehead atoms. The minimum Gasteiger partial charge on any atom is -0.481 e. The monoisotopic (exact) mass is 360 g/mol. The number of halogens is 1. The molecule has 7 heteroatoms. The third kappa shape index (κ3) is 3.73. The predicted octanol–water partition coefficient (Wildman–Crippen LogP) is 2.95. The Morgan fingerprint density at radius 1 is 1.35 bits per heavy atom. The van der Waals surface area contributed by atoms with Gasteiger partial charge in [-0.1, -0.05) is 12.8 Å². The molecule has 0 atom stereocenters. The Bertz CT molecular complexity index is 498. The number of rotatable bonds is 5. The van der Waals surface area contributed by atoms with Gasteiger partial charge in [-0.25, -0.2) is 4.79 Å². The fourth-order valence-corrected chi connectivity index (χ4v) is 3.83. The Morgan fingerprint density at radius 3 is 2.60 bits per heavy atom. The molecular formula is C13H17BrN2O3S. The van der Waals surface area contributed by atoms with E-state index in [9.17, 15) is 14.7 Å². The van der Waals surface area contributed by atoms with Gasteiger partial charge in [-0.15, -0.1) is 11.3 Å². The van der Waals surface area contributed by atoms with Gasteiger partial charge in [-0.05, 0) is 34.8 Å².